The summed E-state index contributed by atoms with van der Waals surface area (Å²) in [4.78, 5) is 1.36. The number of fused-ring (bicyclic) bond motifs is 1. The predicted molar refractivity (Wildman–Crippen MR) is 87.0 cm³/mol. The largest absolute Gasteiger partial charge is 0.313 e. The third-order valence-electron chi connectivity index (χ3n) is 3.31. The maximum atomic E-state index is 3.57. The molecule has 2 aromatic carbocycles. The molecule has 0 radical (unpaired) electrons. The molecule has 2 rings (SSSR count). The molecule has 0 aliphatic heterocycles. The summed E-state index contributed by atoms with van der Waals surface area (Å²) >= 11 is 1.93. The molecule has 0 amide bonds. The predicted octanol–water partition coefficient (Wildman–Crippen LogP) is 4.71. The highest BCUT2D eigenvalue weighted by Gasteiger charge is 2.00. The van der Waals surface area contributed by atoms with Crippen molar-refractivity contribution in [2.75, 3.05) is 12.3 Å². The van der Waals surface area contributed by atoms with Gasteiger partial charge < -0.3 is 5.32 Å². The standard InChI is InChI=1S/C17H23NS/c1-3-6-14(2)18-11-12-19-17-10-9-15-7-4-5-8-16(15)13-17/h4-5,7-10,13-14,18H,3,6,11-12H2,1-2H3. The van der Waals surface area contributed by atoms with Crippen LogP contribution in [0.5, 0.6) is 0 Å². The van der Waals surface area contributed by atoms with Gasteiger partial charge in [-0.1, -0.05) is 43.7 Å². The van der Waals surface area contributed by atoms with Gasteiger partial charge in [0, 0.05) is 23.2 Å². The Labute approximate surface area is 120 Å². The average Bonchev–Trinajstić information content (AvgIpc) is 2.44. The van der Waals surface area contributed by atoms with Gasteiger partial charge >= 0.3 is 0 Å². The van der Waals surface area contributed by atoms with Crippen LogP contribution in [0.15, 0.2) is 47.4 Å². The lowest BCUT2D eigenvalue weighted by Gasteiger charge is -2.12. The summed E-state index contributed by atoms with van der Waals surface area (Å²) in [5.41, 5.74) is 0. The van der Waals surface area contributed by atoms with Crippen LogP contribution in [0.3, 0.4) is 0 Å². The van der Waals surface area contributed by atoms with Gasteiger partial charge in [0.2, 0.25) is 0 Å². The number of nitrogens with one attached hydrogen (secondary N) is 1. The topological polar surface area (TPSA) is 12.0 Å². The SMILES string of the molecule is CCCC(C)NCCSc1ccc2ccccc2c1. The summed E-state index contributed by atoms with van der Waals surface area (Å²) in [5.74, 6) is 1.13. The molecule has 0 heterocycles. The third-order valence-corrected chi connectivity index (χ3v) is 4.30. The summed E-state index contributed by atoms with van der Waals surface area (Å²) in [6, 6.07) is 15.9. The van der Waals surface area contributed by atoms with E-state index < -0.39 is 0 Å². The Hall–Kier alpha value is -0.990. The summed E-state index contributed by atoms with van der Waals surface area (Å²) in [5, 5.41) is 6.22. The summed E-state index contributed by atoms with van der Waals surface area (Å²) in [6.07, 6.45) is 2.52. The lowest BCUT2D eigenvalue weighted by molar-refractivity contribution is 0.526. The number of benzene rings is 2. The van der Waals surface area contributed by atoms with Gasteiger partial charge in [0.15, 0.2) is 0 Å². The van der Waals surface area contributed by atoms with Gasteiger partial charge in [0.1, 0.15) is 0 Å². The molecule has 0 aliphatic rings. The van der Waals surface area contributed by atoms with Crippen LogP contribution in [-0.4, -0.2) is 18.3 Å². The highest BCUT2D eigenvalue weighted by Crippen LogP contribution is 2.23. The van der Waals surface area contributed by atoms with Crippen molar-refractivity contribution in [2.24, 2.45) is 0 Å². The second-order valence-corrected chi connectivity index (χ2v) is 6.17. The van der Waals surface area contributed by atoms with Crippen molar-refractivity contribution in [3.63, 3.8) is 0 Å². The number of rotatable bonds is 7. The fourth-order valence-electron chi connectivity index (χ4n) is 2.27. The molecule has 0 aromatic heterocycles. The molecule has 1 atom stereocenters. The first-order valence-electron chi connectivity index (χ1n) is 7.14. The molecule has 0 bridgehead atoms. The zero-order valence-corrected chi connectivity index (χ0v) is 12.7. The Morgan fingerprint density at radius 3 is 2.68 bits per heavy atom. The minimum atomic E-state index is 0.641. The van der Waals surface area contributed by atoms with Crippen molar-refractivity contribution in [1.82, 2.24) is 5.32 Å². The Bertz CT molecular complexity index is 509. The molecule has 1 nitrogen and oxygen atoms in total. The highest BCUT2D eigenvalue weighted by molar-refractivity contribution is 7.99. The van der Waals surface area contributed by atoms with Gasteiger partial charge in [0.05, 0.1) is 0 Å². The highest BCUT2D eigenvalue weighted by atomic mass is 32.2. The summed E-state index contributed by atoms with van der Waals surface area (Å²) < 4.78 is 0. The second-order valence-electron chi connectivity index (χ2n) is 5.00. The van der Waals surface area contributed by atoms with Crippen LogP contribution < -0.4 is 5.32 Å². The van der Waals surface area contributed by atoms with Crippen LogP contribution >= 0.6 is 11.8 Å². The Balaban J connectivity index is 1.81. The Kier molecular flexibility index (Phi) is 5.74. The molecule has 0 saturated carbocycles. The first kappa shape index (κ1) is 14.4. The van der Waals surface area contributed by atoms with Crippen LogP contribution in [0.2, 0.25) is 0 Å². The molecular weight excluding hydrogens is 250 g/mol. The lowest BCUT2D eigenvalue weighted by Crippen LogP contribution is -2.27. The fraction of sp³-hybridized carbons (Fsp3) is 0.412. The summed E-state index contributed by atoms with van der Waals surface area (Å²) in [7, 11) is 0. The van der Waals surface area contributed by atoms with Crippen molar-refractivity contribution in [3.05, 3.63) is 42.5 Å². The molecule has 2 aromatic rings. The maximum absolute atomic E-state index is 3.57. The maximum Gasteiger partial charge on any atom is 0.0106 e. The molecule has 2 heteroatoms. The monoisotopic (exact) mass is 273 g/mol. The van der Waals surface area contributed by atoms with E-state index in [2.05, 4.69) is 61.6 Å². The Morgan fingerprint density at radius 2 is 1.89 bits per heavy atom. The quantitative estimate of drug-likeness (QED) is 0.579. The van der Waals surface area contributed by atoms with Gasteiger partial charge in [-0.2, -0.15) is 0 Å². The molecule has 1 N–H and O–H groups in total. The zero-order chi connectivity index (χ0) is 13.5. The van der Waals surface area contributed by atoms with E-state index in [0.717, 1.165) is 12.3 Å². The fourth-order valence-corrected chi connectivity index (χ4v) is 3.10. The van der Waals surface area contributed by atoms with Crippen molar-refractivity contribution in [2.45, 2.75) is 37.6 Å². The van der Waals surface area contributed by atoms with E-state index in [0.29, 0.717) is 6.04 Å². The Morgan fingerprint density at radius 1 is 1.11 bits per heavy atom. The minimum Gasteiger partial charge on any atom is -0.313 e. The van der Waals surface area contributed by atoms with E-state index in [9.17, 15) is 0 Å². The molecule has 0 fully saturated rings. The third kappa shape index (κ3) is 4.55. The average molecular weight is 273 g/mol. The van der Waals surface area contributed by atoms with E-state index in [1.807, 2.05) is 11.8 Å². The second kappa shape index (κ2) is 7.56. The normalized spacial score (nSPS) is 12.7. The van der Waals surface area contributed by atoms with Gasteiger partial charge in [-0.15, -0.1) is 11.8 Å². The molecule has 1 unspecified atom stereocenters. The van der Waals surface area contributed by atoms with Crippen LogP contribution in [0, 0.1) is 0 Å². The van der Waals surface area contributed by atoms with E-state index in [1.165, 1.54) is 28.5 Å². The van der Waals surface area contributed by atoms with Gasteiger partial charge in [-0.25, -0.2) is 0 Å². The molecule has 0 aliphatic carbocycles. The van der Waals surface area contributed by atoms with E-state index >= 15 is 0 Å². The van der Waals surface area contributed by atoms with Gasteiger partial charge in [-0.05, 0) is 36.2 Å². The van der Waals surface area contributed by atoms with Crippen molar-refractivity contribution < 1.29 is 0 Å². The molecule has 0 spiro atoms. The van der Waals surface area contributed by atoms with Crippen molar-refractivity contribution in [3.8, 4) is 0 Å². The minimum absolute atomic E-state index is 0.641. The lowest BCUT2D eigenvalue weighted by atomic mass is 10.1. The van der Waals surface area contributed by atoms with Crippen LogP contribution in [0.4, 0.5) is 0 Å². The van der Waals surface area contributed by atoms with Crippen molar-refractivity contribution in [1.29, 1.82) is 0 Å². The zero-order valence-electron chi connectivity index (χ0n) is 11.9. The smallest absolute Gasteiger partial charge is 0.0106 e. The van der Waals surface area contributed by atoms with E-state index in [-0.39, 0.29) is 0 Å². The van der Waals surface area contributed by atoms with Crippen LogP contribution in [0.1, 0.15) is 26.7 Å². The van der Waals surface area contributed by atoms with Gasteiger partial charge in [-0.3, -0.25) is 0 Å². The number of thioether (sulfide) groups is 1. The molecular formula is C17H23NS. The first-order chi connectivity index (χ1) is 9.29. The first-order valence-corrected chi connectivity index (χ1v) is 8.13. The number of hydrogen-bond acceptors (Lipinski definition) is 2. The van der Waals surface area contributed by atoms with E-state index in [1.54, 1.807) is 0 Å². The molecule has 0 saturated heterocycles. The van der Waals surface area contributed by atoms with Gasteiger partial charge in [0.25, 0.3) is 0 Å². The molecule has 19 heavy (non-hydrogen) atoms. The summed E-state index contributed by atoms with van der Waals surface area (Å²) in [6.45, 7) is 5.59. The van der Waals surface area contributed by atoms with Crippen LogP contribution in [-0.2, 0) is 0 Å². The number of hydrogen-bond donors (Lipinski definition) is 1. The van der Waals surface area contributed by atoms with E-state index in [4.69, 9.17) is 0 Å². The van der Waals surface area contributed by atoms with Crippen molar-refractivity contribution >= 4 is 22.5 Å². The molecule has 102 valence electrons. The van der Waals surface area contributed by atoms with Crippen LogP contribution in [0.25, 0.3) is 10.8 Å².